The van der Waals surface area contributed by atoms with Crippen LogP contribution in [-0.2, 0) is 43.0 Å². The van der Waals surface area contributed by atoms with E-state index in [0.29, 0.717) is 0 Å². The summed E-state index contributed by atoms with van der Waals surface area (Å²) in [5.41, 5.74) is 6.16. The second kappa shape index (κ2) is 28.6. The molecule has 2 radical (unpaired) electrons. The van der Waals surface area contributed by atoms with E-state index in [0.717, 1.165) is 72.0 Å². The van der Waals surface area contributed by atoms with E-state index in [1.165, 1.54) is 0 Å². The molecular formula is C37H47Co2N6O2-. The third kappa shape index (κ3) is 18.9. The van der Waals surface area contributed by atoms with Crippen LogP contribution in [0.5, 0.6) is 0 Å². The summed E-state index contributed by atoms with van der Waals surface area (Å²) in [5.74, 6) is 0. The number of aliphatic imine (C=N–C) groups is 4. The van der Waals surface area contributed by atoms with Gasteiger partial charge < -0.3 is 31.8 Å². The third-order valence-corrected chi connectivity index (χ3v) is 5.44. The molecule has 1 aliphatic heterocycles. The topological polar surface area (TPSA) is 93.7 Å². The van der Waals surface area contributed by atoms with Crippen molar-refractivity contribution in [2.24, 2.45) is 20.0 Å². The van der Waals surface area contributed by atoms with Crippen LogP contribution < -0.4 is 0 Å². The molecule has 0 atom stereocenters. The first-order valence-electron chi connectivity index (χ1n) is 14.1. The number of aromatic nitrogens is 2. The van der Waals surface area contributed by atoms with Gasteiger partial charge in [0.25, 0.3) is 0 Å². The van der Waals surface area contributed by atoms with Crippen LogP contribution in [-0.4, -0.2) is 61.3 Å². The minimum Gasteiger partial charge on any atom is -0.382 e. The van der Waals surface area contributed by atoms with Crippen molar-refractivity contribution in [1.82, 2.24) is 9.97 Å². The normalized spacial score (nSPS) is 10.3. The molecular weight excluding hydrogens is 678 g/mol. The number of fused-ring (bicyclic) bond motifs is 8. The van der Waals surface area contributed by atoms with E-state index in [2.05, 4.69) is 29.9 Å². The molecule has 2 aromatic carbocycles. The number of ether oxygens (including phenoxy) is 2. The molecule has 10 heteroatoms. The molecule has 0 aliphatic carbocycles. The maximum absolute atomic E-state index is 4.83. The van der Waals surface area contributed by atoms with Gasteiger partial charge in [-0.15, -0.1) is 0 Å². The summed E-state index contributed by atoms with van der Waals surface area (Å²) in [6, 6.07) is 26.9. The first kappa shape index (κ1) is 47.8. The van der Waals surface area contributed by atoms with Crippen molar-refractivity contribution in [3.63, 3.8) is 0 Å². The SMILES string of the molecule is C1=Nc2cccc(c2)N=Cc2cccc(n2)C=Nc2cccc(c2)N=Cc2cccc1n2.CCOCC.CCOCC.[CH3-].[CH3-].[CH3-].[Co+2].[Co]. The fourth-order valence-electron chi connectivity index (χ4n) is 3.50. The Kier molecular flexibility index (Phi) is 29.0. The number of hydrogen-bond donors (Lipinski definition) is 0. The average molecular weight is 726 g/mol. The third-order valence-electron chi connectivity index (χ3n) is 5.44. The van der Waals surface area contributed by atoms with Gasteiger partial charge in [0.1, 0.15) is 0 Å². The van der Waals surface area contributed by atoms with Crippen LogP contribution in [0.4, 0.5) is 22.7 Å². The van der Waals surface area contributed by atoms with E-state index >= 15 is 0 Å². The minimum atomic E-state index is 0. The summed E-state index contributed by atoms with van der Waals surface area (Å²) >= 11 is 0. The summed E-state index contributed by atoms with van der Waals surface area (Å²) in [4.78, 5) is 27.4. The summed E-state index contributed by atoms with van der Waals surface area (Å²) in [6.07, 6.45) is 6.94. The van der Waals surface area contributed by atoms with Crippen LogP contribution >= 0.6 is 0 Å². The first-order valence-corrected chi connectivity index (χ1v) is 14.1. The van der Waals surface area contributed by atoms with Gasteiger partial charge in [-0.25, -0.2) is 9.97 Å². The number of hydrogen-bond acceptors (Lipinski definition) is 8. The van der Waals surface area contributed by atoms with Crippen molar-refractivity contribution in [2.45, 2.75) is 27.7 Å². The molecule has 2 aromatic heterocycles. The molecule has 8 bridgehead atoms. The molecule has 47 heavy (non-hydrogen) atoms. The van der Waals surface area contributed by atoms with Crippen LogP contribution in [0.3, 0.4) is 0 Å². The van der Waals surface area contributed by atoms with Gasteiger partial charge in [-0.2, -0.15) is 0 Å². The van der Waals surface area contributed by atoms with Crippen molar-refractivity contribution in [3.05, 3.63) is 130 Å². The van der Waals surface area contributed by atoms with Crippen molar-refractivity contribution in [1.29, 1.82) is 0 Å². The Morgan fingerprint density at radius 3 is 0.872 bits per heavy atom. The van der Waals surface area contributed by atoms with Crippen LogP contribution in [0.25, 0.3) is 0 Å². The summed E-state index contributed by atoms with van der Waals surface area (Å²) in [5, 5.41) is 0. The van der Waals surface area contributed by atoms with Gasteiger partial charge in [0, 0.05) is 43.2 Å². The Hall–Kier alpha value is -3.65. The smallest absolute Gasteiger partial charge is 0.382 e. The van der Waals surface area contributed by atoms with Crippen molar-refractivity contribution >= 4 is 47.6 Å². The van der Waals surface area contributed by atoms with Gasteiger partial charge >= 0.3 is 16.8 Å². The predicted octanol–water partition coefficient (Wildman–Crippen LogP) is 9.22. The van der Waals surface area contributed by atoms with Crippen molar-refractivity contribution in [2.75, 3.05) is 26.4 Å². The summed E-state index contributed by atoms with van der Waals surface area (Å²) in [7, 11) is 0. The van der Waals surface area contributed by atoms with E-state index in [9.17, 15) is 0 Å². The molecule has 5 rings (SSSR count). The maximum atomic E-state index is 4.83. The van der Waals surface area contributed by atoms with Crippen molar-refractivity contribution < 1.29 is 43.0 Å². The van der Waals surface area contributed by atoms with Gasteiger partial charge in [0.05, 0.1) is 70.4 Å². The average Bonchev–Trinajstić information content (AvgIpc) is 3.03. The van der Waals surface area contributed by atoms with Crippen LogP contribution in [0.1, 0.15) is 50.5 Å². The quantitative estimate of drug-likeness (QED) is 0.173. The maximum Gasteiger partial charge on any atom is 2.00 e. The monoisotopic (exact) mass is 725 g/mol. The zero-order valence-electron chi connectivity index (χ0n) is 28.4. The minimum absolute atomic E-state index is 0. The van der Waals surface area contributed by atoms with Gasteiger partial charge in [-0.1, -0.05) is 24.3 Å². The molecule has 0 saturated carbocycles. The largest absolute Gasteiger partial charge is 2.00 e. The van der Waals surface area contributed by atoms with Crippen LogP contribution in [0.2, 0.25) is 0 Å². The first-order chi connectivity index (χ1) is 20.6. The summed E-state index contributed by atoms with van der Waals surface area (Å²) in [6.45, 7) is 11.3. The number of nitrogens with zero attached hydrogens (tertiary/aromatic N) is 6. The number of rotatable bonds is 4. The van der Waals surface area contributed by atoms with Gasteiger partial charge in [-0.05, 0) is 88.4 Å². The fourth-order valence-corrected chi connectivity index (χ4v) is 3.50. The molecule has 0 spiro atoms. The van der Waals surface area contributed by atoms with Gasteiger partial charge in [0.15, 0.2) is 0 Å². The molecule has 1 aliphatic rings. The second-order valence-electron chi connectivity index (χ2n) is 8.61. The Bertz CT molecular complexity index is 1200. The van der Waals surface area contributed by atoms with Crippen LogP contribution in [0.15, 0.2) is 105 Å². The Balaban J connectivity index is -0.00000114. The number of pyridine rings is 2. The van der Waals surface area contributed by atoms with Gasteiger partial charge in [0.2, 0.25) is 0 Å². The molecule has 0 N–H and O–H groups in total. The van der Waals surface area contributed by atoms with Crippen LogP contribution in [0, 0.1) is 22.3 Å². The van der Waals surface area contributed by atoms with Crippen molar-refractivity contribution in [3.8, 4) is 0 Å². The molecule has 256 valence electrons. The van der Waals surface area contributed by atoms with E-state index in [4.69, 9.17) is 9.47 Å². The zero-order chi connectivity index (χ0) is 29.8. The zero-order valence-corrected chi connectivity index (χ0v) is 30.5. The molecule has 0 saturated heterocycles. The molecule has 8 nitrogen and oxygen atoms in total. The predicted molar refractivity (Wildman–Crippen MR) is 194 cm³/mol. The molecule has 4 aromatic rings. The van der Waals surface area contributed by atoms with Gasteiger partial charge in [-0.3, -0.25) is 20.0 Å². The van der Waals surface area contributed by atoms with E-state index in [1.54, 1.807) is 24.9 Å². The molecule has 0 unspecified atom stereocenters. The molecule has 3 heterocycles. The van der Waals surface area contributed by atoms with E-state index in [-0.39, 0.29) is 55.8 Å². The fraction of sp³-hybridized carbons (Fsp3) is 0.216. The van der Waals surface area contributed by atoms with E-state index < -0.39 is 0 Å². The second-order valence-corrected chi connectivity index (χ2v) is 8.61. The standard InChI is InChI=1S/C26H18N6.2C4H10O.3CH3.2Co/c1-5-19-13-20(6-1)28-16-24-10-4-12-26(32-24)18-30-22-8-2-7-21(14-22)29-17-25-11-3-9-23(31-25)15-27-19;2*1-3-5-4-2;;;;;/h1-18H;2*3-4H2,1-2H3;3*1H3;;/q;;;3*-1;;+2. The summed E-state index contributed by atoms with van der Waals surface area (Å²) < 4.78 is 9.67. The molecule has 0 fully saturated rings. The Morgan fingerprint density at radius 1 is 0.426 bits per heavy atom. The Labute approximate surface area is 303 Å². The Morgan fingerprint density at radius 2 is 0.660 bits per heavy atom. The van der Waals surface area contributed by atoms with E-state index in [1.807, 2.05) is 113 Å². The number of benzene rings is 2. The molecule has 0 amide bonds.